The van der Waals surface area contributed by atoms with Gasteiger partial charge in [0.15, 0.2) is 0 Å². The molecule has 3 rings (SSSR count). The van der Waals surface area contributed by atoms with Gasteiger partial charge in [-0.05, 0) is 35.9 Å². The first kappa shape index (κ1) is 19.4. The molecule has 2 aromatic carbocycles. The molecule has 0 aliphatic rings. The van der Waals surface area contributed by atoms with Crippen LogP contribution in [0.4, 0.5) is 24.5 Å². The largest absolute Gasteiger partial charge is 0.416 e. The van der Waals surface area contributed by atoms with E-state index >= 15 is 0 Å². The second-order valence-electron chi connectivity index (χ2n) is 6.31. The Morgan fingerprint density at radius 1 is 1.00 bits per heavy atom. The van der Waals surface area contributed by atoms with Crippen molar-refractivity contribution in [1.29, 1.82) is 0 Å². The highest BCUT2D eigenvalue weighted by molar-refractivity contribution is 5.94. The number of nitrogens with zero attached hydrogens (tertiary/aromatic N) is 2. The van der Waals surface area contributed by atoms with Gasteiger partial charge in [0.25, 0.3) is 5.91 Å². The summed E-state index contributed by atoms with van der Waals surface area (Å²) in [6.45, 7) is 0.455. The van der Waals surface area contributed by atoms with Gasteiger partial charge in [-0.3, -0.25) is 9.78 Å². The van der Waals surface area contributed by atoms with Gasteiger partial charge in [0, 0.05) is 25.5 Å². The minimum absolute atomic E-state index is 0.201. The standard InChI is InChI=1S/C21H18F3N3O/c1-27(14-15-5-3-2-4-6-15)20(28)16-11-19(13-25-12-16)26-18-9-7-17(8-10-18)21(22,23)24/h2-13,26H,14H2,1H3. The summed E-state index contributed by atoms with van der Waals surface area (Å²) in [4.78, 5) is 18.3. The van der Waals surface area contributed by atoms with Crippen LogP contribution in [0.3, 0.4) is 0 Å². The maximum Gasteiger partial charge on any atom is 0.416 e. The van der Waals surface area contributed by atoms with Crippen molar-refractivity contribution in [2.75, 3.05) is 12.4 Å². The number of carbonyl (C=O) groups is 1. The number of rotatable bonds is 5. The average Bonchev–Trinajstić information content (AvgIpc) is 2.68. The predicted octanol–water partition coefficient (Wildman–Crippen LogP) is 5.12. The van der Waals surface area contributed by atoms with Gasteiger partial charge >= 0.3 is 6.18 Å². The van der Waals surface area contributed by atoms with E-state index in [9.17, 15) is 18.0 Å². The fourth-order valence-electron chi connectivity index (χ4n) is 2.68. The lowest BCUT2D eigenvalue weighted by molar-refractivity contribution is -0.137. The van der Waals surface area contributed by atoms with E-state index < -0.39 is 11.7 Å². The number of pyridine rings is 1. The van der Waals surface area contributed by atoms with E-state index in [0.29, 0.717) is 23.5 Å². The van der Waals surface area contributed by atoms with Crippen LogP contribution in [0.2, 0.25) is 0 Å². The minimum Gasteiger partial charge on any atom is -0.354 e. The third-order valence-corrected chi connectivity index (χ3v) is 4.10. The number of hydrogen-bond donors (Lipinski definition) is 1. The molecule has 0 aliphatic heterocycles. The number of alkyl halides is 3. The lowest BCUT2D eigenvalue weighted by atomic mass is 10.2. The summed E-state index contributed by atoms with van der Waals surface area (Å²) in [6, 6.07) is 15.9. The van der Waals surface area contributed by atoms with E-state index in [-0.39, 0.29) is 5.91 Å². The van der Waals surface area contributed by atoms with Gasteiger partial charge < -0.3 is 10.2 Å². The summed E-state index contributed by atoms with van der Waals surface area (Å²) in [6.07, 6.45) is -1.41. The van der Waals surface area contributed by atoms with E-state index in [1.54, 1.807) is 18.0 Å². The maximum atomic E-state index is 12.6. The van der Waals surface area contributed by atoms with Gasteiger partial charge in [0.2, 0.25) is 0 Å². The number of benzene rings is 2. The molecule has 0 atom stereocenters. The molecule has 0 fully saturated rings. The van der Waals surface area contributed by atoms with Crippen LogP contribution < -0.4 is 5.32 Å². The SMILES string of the molecule is CN(Cc1ccccc1)C(=O)c1cncc(Nc2ccc(C(F)(F)F)cc2)c1. The van der Waals surface area contributed by atoms with Crippen molar-refractivity contribution in [3.05, 3.63) is 89.7 Å². The molecule has 7 heteroatoms. The van der Waals surface area contributed by atoms with Gasteiger partial charge in [-0.1, -0.05) is 30.3 Å². The summed E-state index contributed by atoms with van der Waals surface area (Å²) in [5.41, 5.74) is 1.65. The third kappa shape index (κ3) is 4.88. The predicted molar refractivity (Wildman–Crippen MR) is 101 cm³/mol. The molecule has 1 N–H and O–H groups in total. The second-order valence-corrected chi connectivity index (χ2v) is 6.31. The van der Waals surface area contributed by atoms with Crippen LogP contribution in [0.25, 0.3) is 0 Å². The summed E-state index contributed by atoms with van der Waals surface area (Å²) >= 11 is 0. The molecule has 0 bridgehead atoms. The molecular formula is C21H18F3N3O. The van der Waals surface area contributed by atoms with Crippen LogP contribution in [0, 0.1) is 0 Å². The fraction of sp³-hybridized carbons (Fsp3) is 0.143. The van der Waals surface area contributed by atoms with Gasteiger partial charge in [-0.25, -0.2) is 0 Å². The number of halogens is 3. The van der Waals surface area contributed by atoms with Gasteiger partial charge in [0.05, 0.1) is 23.0 Å². The molecule has 28 heavy (non-hydrogen) atoms. The summed E-state index contributed by atoms with van der Waals surface area (Å²) < 4.78 is 37.9. The molecule has 0 unspecified atom stereocenters. The maximum absolute atomic E-state index is 12.6. The molecule has 1 aromatic heterocycles. The topological polar surface area (TPSA) is 45.2 Å². The van der Waals surface area contributed by atoms with Crippen LogP contribution in [-0.2, 0) is 12.7 Å². The monoisotopic (exact) mass is 385 g/mol. The van der Waals surface area contributed by atoms with Crippen molar-refractivity contribution in [1.82, 2.24) is 9.88 Å². The Hall–Kier alpha value is -3.35. The van der Waals surface area contributed by atoms with Crippen LogP contribution in [0.15, 0.2) is 73.1 Å². The number of amides is 1. The minimum atomic E-state index is -4.38. The van der Waals surface area contributed by atoms with Crippen molar-refractivity contribution in [3.8, 4) is 0 Å². The molecule has 0 saturated carbocycles. The zero-order valence-electron chi connectivity index (χ0n) is 15.1. The number of hydrogen-bond acceptors (Lipinski definition) is 3. The Bertz CT molecular complexity index is 941. The molecule has 144 valence electrons. The highest BCUT2D eigenvalue weighted by Crippen LogP contribution is 2.30. The normalized spacial score (nSPS) is 11.1. The molecule has 0 aliphatic carbocycles. The Kier molecular flexibility index (Phi) is 5.63. The van der Waals surface area contributed by atoms with Crippen molar-refractivity contribution in [3.63, 3.8) is 0 Å². The van der Waals surface area contributed by atoms with E-state index in [1.807, 2.05) is 30.3 Å². The zero-order chi connectivity index (χ0) is 20.1. The molecule has 1 heterocycles. The molecule has 0 saturated heterocycles. The number of nitrogens with one attached hydrogen (secondary N) is 1. The highest BCUT2D eigenvalue weighted by Gasteiger charge is 2.29. The number of aromatic nitrogens is 1. The first-order valence-electron chi connectivity index (χ1n) is 8.51. The first-order chi connectivity index (χ1) is 13.3. The second kappa shape index (κ2) is 8.12. The zero-order valence-corrected chi connectivity index (χ0v) is 15.1. The lowest BCUT2D eigenvalue weighted by Crippen LogP contribution is -2.26. The van der Waals surface area contributed by atoms with Crippen molar-refractivity contribution >= 4 is 17.3 Å². The smallest absolute Gasteiger partial charge is 0.354 e. The van der Waals surface area contributed by atoms with Crippen molar-refractivity contribution < 1.29 is 18.0 Å². The average molecular weight is 385 g/mol. The van der Waals surface area contributed by atoms with Crippen molar-refractivity contribution in [2.45, 2.75) is 12.7 Å². The number of anilines is 2. The third-order valence-electron chi connectivity index (χ3n) is 4.10. The van der Waals surface area contributed by atoms with Crippen LogP contribution in [-0.4, -0.2) is 22.8 Å². The van der Waals surface area contributed by atoms with E-state index in [1.165, 1.54) is 24.5 Å². The Labute approximate surface area is 160 Å². The molecule has 0 radical (unpaired) electrons. The van der Waals surface area contributed by atoms with Crippen LogP contribution >= 0.6 is 0 Å². The number of carbonyl (C=O) groups excluding carboxylic acids is 1. The molecular weight excluding hydrogens is 367 g/mol. The Morgan fingerprint density at radius 3 is 2.32 bits per heavy atom. The fourth-order valence-corrected chi connectivity index (χ4v) is 2.68. The molecule has 0 spiro atoms. The Morgan fingerprint density at radius 2 is 1.68 bits per heavy atom. The van der Waals surface area contributed by atoms with Crippen LogP contribution in [0.5, 0.6) is 0 Å². The first-order valence-corrected chi connectivity index (χ1v) is 8.51. The van der Waals surface area contributed by atoms with Gasteiger partial charge in [-0.15, -0.1) is 0 Å². The molecule has 4 nitrogen and oxygen atoms in total. The van der Waals surface area contributed by atoms with Crippen molar-refractivity contribution in [2.24, 2.45) is 0 Å². The lowest BCUT2D eigenvalue weighted by Gasteiger charge is -2.17. The molecule has 3 aromatic rings. The van der Waals surface area contributed by atoms with E-state index in [2.05, 4.69) is 10.3 Å². The van der Waals surface area contributed by atoms with Crippen LogP contribution in [0.1, 0.15) is 21.5 Å². The van der Waals surface area contributed by atoms with Gasteiger partial charge in [0.1, 0.15) is 0 Å². The van der Waals surface area contributed by atoms with E-state index in [0.717, 1.165) is 17.7 Å². The molecule has 1 amide bonds. The Balaban J connectivity index is 1.70. The summed E-state index contributed by atoms with van der Waals surface area (Å²) in [5.74, 6) is -0.201. The highest BCUT2D eigenvalue weighted by atomic mass is 19.4. The van der Waals surface area contributed by atoms with Gasteiger partial charge in [-0.2, -0.15) is 13.2 Å². The summed E-state index contributed by atoms with van der Waals surface area (Å²) in [5, 5.41) is 2.97. The van der Waals surface area contributed by atoms with E-state index in [4.69, 9.17) is 0 Å². The summed E-state index contributed by atoms with van der Waals surface area (Å²) in [7, 11) is 1.70. The quantitative estimate of drug-likeness (QED) is 0.663.